The molecule has 2 aliphatic rings. The largest absolute Gasteiger partial charge is 0.347 e. The molecule has 7 nitrogen and oxygen atoms in total. The number of nitrogens with one attached hydrogen (secondary N) is 3. The Kier molecular flexibility index (Phi) is 11.4. The zero-order chi connectivity index (χ0) is 31.2. The van der Waals surface area contributed by atoms with Crippen molar-refractivity contribution < 1.29 is 14.4 Å². The average Bonchev–Trinajstić information content (AvgIpc) is 2.98. The third kappa shape index (κ3) is 7.60. The Hall–Kier alpha value is -3.19. The van der Waals surface area contributed by atoms with Crippen molar-refractivity contribution in [1.82, 2.24) is 20.9 Å². The van der Waals surface area contributed by atoms with Crippen molar-refractivity contribution in [3.8, 4) is 0 Å². The fourth-order valence-electron chi connectivity index (χ4n) is 5.81. The fraction of sp³-hybridized carbons (Fsp3) is 0.571. The second-order valence-corrected chi connectivity index (χ2v) is 12.8. The number of amides is 3. The van der Waals surface area contributed by atoms with Gasteiger partial charge in [-0.3, -0.25) is 14.4 Å². The van der Waals surface area contributed by atoms with Crippen LogP contribution in [0, 0.1) is 5.41 Å². The molecule has 0 saturated heterocycles. The zero-order valence-electron chi connectivity index (χ0n) is 27.1. The van der Waals surface area contributed by atoms with E-state index in [-0.39, 0.29) is 23.8 Å². The number of carbonyl (C=O) groups is 3. The summed E-state index contributed by atoms with van der Waals surface area (Å²) in [6.07, 6.45) is 3.34. The van der Waals surface area contributed by atoms with Crippen LogP contribution in [0.1, 0.15) is 108 Å². The third-order valence-electron chi connectivity index (χ3n) is 8.52. The van der Waals surface area contributed by atoms with Gasteiger partial charge in [0.15, 0.2) is 0 Å². The first-order valence-electron chi connectivity index (χ1n) is 15.7. The first-order valence-corrected chi connectivity index (χ1v) is 15.7. The summed E-state index contributed by atoms with van der Waals surface area (Å²) in [4.78, 5) is 43.0. The second kappa shape index (κ2) is 14.3. The molecule has 2 aromatic rings. The van der Waals surface area contributed by atoms with Gasteiger partial charge in [-0.2, -0.15) is 0 Å². The van der Waals surface area contributed by atoms with Crippen LogP contribution >= 0.6 is 0 Å². The van der Waals surface area contributed by atoms with Crippen LogP contribution < -0.4 is 16.0 Å². The monoisotopic (exact) mass is 576 g/mol. The van der Waals surface area contributed by atoms with Gasteiger partial charge in [-0.15, -0.1) is 0 Å². The lowest BCUT2D eigenvalue weighted by Crippen LogP contribution is -2.62. The number of benzene rings is 2. The highest BCUT2D eigenvalue weighted by Gasteiger charge is 2.43. The molecule has 1 heterocycles. The Balaban J connectivity index is 0.00000237. The van der Waals surface area contributed by atoms with E-state index in [0.29, 0.717) is 18.9 Å². The van der Waals surface area contributed by atoms with Gasteiger partial charge >= 0.3 is 0 Å². The molecule has 4 rings (SSSR count). The van der Waals surface area contributed by atoms with Crippen molar-refractivity contribution in [2.24, 2.45) is 5.41 Å². The summed E-state index contributed by atoms with van der Waals surface area (Å²) in [5.74, 6) is -0.258. The first kappa shape index (κ1) is 33.3. The molecule has 0 spiro atoms. The van der Waals surface area contributed by atoms with E-state index in [1.165, 1.54) is 16.7 Å². The normalized spacial score (nSPS) is 19.4. The molecule has 1 aliphatic carbocycles. The van der Waals surface area contributed by atoms with Crippen LogP contribution in [0.3, 0.4) is 0 Å². The number of hydrogen-bond donors (Lipinski definition) is 3. The van der Waals surface area contributed by atoms with Crippen LogP contribution in [0.5, 0.6) is 0 Å². The molecule has 3 amide bonds. The van der Waals surface area contributed by atoms with Crippen molar-refractivity contribution in [1.29, 1.82) is 0 Å². The number of hydrogen-bond acceptors (Lipinski definition) is 4. The van der Waals surface area contributed by atoms with E-state index >= 15 is 0 Å². The number of nitrogens with zero attached hydrogens (tertiary/aromatic N) is 1. The van der Waals surface area contributed by atoms with Gasteiger partial charge in [0, 0.05) is 13.0 Å². The Morgan fingerprint density at radius 1 is 0.952 bits per heavy atom. The predicted molar refractivity (Wildman–Crippen MR) is 170 cm³/mol. The van der Waals surface area contributed by atoms with Gasteiger partial charge in [0.1, 0.15) is 12.1 Å². The molecule has 42 heavy (non-hydrogen) atoms. The maximum absolute atomic E-state index is 14.3. The molecule has 230 valence electrons. The van der Waals surface area contributed by atoms with Crippen LogP contribution in [0.15, 0.2) is 42.5 Å². The Bertz CT molecular complexity index is 1250. The minimum absolute atomic E-state index is 0.0753. The summed E-state index contributed by atoms with van der Waals surface area (Å²) in [6.45, 7) is 16.2. The lowest BCUT2D eigenvalue weighted by Gasteiger charge is -2.42. The van der Waals surface area contributed by atoms with Gasteiger partial charge in [-0.1, -0.05) is 90.9 Å². The molecule has 4 atom stereocenters. The molecule has 7 heteroatoms. The van der Waals surface area contributed by atoms with Crippen molar-refractivity contribution >= 4 is 17.7 Å². The summed E-state index contributed by atoms with van der Waals surface area (Å²) in [5.41, 5.74) is 5.25. The molecular formula is C35H52N4O3. The summed E-state index contributed by atoms with van der Waals surface area (Å²) < 4.78 is 0. The minimum atomic E-state index is -0.781. The van der Waals surface area contributed by atoms with E-state index in [1.807, 2.05) is 46.8 Å². The SMILES string of the molecule is CC.CNC(C)C(=O)NC(C(=O)N1Cc2cc(C(C)C)ccc2CC1C(=O)NC1CCCc2ccccc21)C(C)(C)C. The number of likely N-dealkylation sites (N-methyl/N-ethyl adjacent to an activating group) is 1. The Morgan fingerprint density at radius 2 is 1.64 bits per heavy atom. The number of fused-ring (bicyclic) bond motifs is 2. The van der Waals surface area contributed by atoms with E-state index in [0.717, 1.165) is 30.4 Å². The molecule has 1 aliphatic heterocycles. The third-order valence-corrected chi connectivity index (χ3v) is 8.52. The van der Waals surface area contributed by atoms with E-state index in [4.69, 9.17) is 0 Å². The van der Waals surface area contributed by atoms with E-state index in [2.05, 4.69) is 60.1 Å². The fourth-order valence-corrected chi connectivity index (χ4v) is 5.81. The van der Waals surface area contributed by atoms with Crippen molar-refractivity contribution in [3.63, 3.8) is 0 Å². The molecular weight excluding hydrogens is 524 g/mol. The standard InChI is InChI=1S/C33H46N4O3.C2H6/c1-20(2)23-15-16-24-18-28(31(39)35-27-14-10-12-22-11-8-9-13-26(22)27)37(19-25(24)17-23)32(40)29(33(4,5)6)36-30(38)21(3)34-7;1-2/h8-9,11,13,15-17,20-21,27-29,34H,10,12,14,18-19H2,1-7H3,(H,35,39)(H,36,38);1-2H3. The summed E-state index contributed by atoms with van der Waals surface area (Å²) in [7, 11) is 1.72. The molecule has 3 N–H and O–H groups in total. The maximum atomic E-state index is 14.3. The minimum Gasteiger partial charge on any atom is -0.347 e. The quantitative estimate of drug-likeness (QED) is 0.411. The van der Waals surface area contributed by atoms with Gasteiger partial charge in [-0.05, 0) is 72.4 Å². The summed E-state index contributed by atoms with van der Waals surface area (Å²) in [5, 5.41) is 9.24. The lowest BCUT2D eigenvalue weighted by atomic mass is 9.83. The van der Waals surface area contributed by atoms with Gasteiger partial charge in [0.25, 0.3) is 0 Å². The van der Waals surface area contributed by atoms with Gasteiger partial charge in [-0.25, -0.2) is 0 Å². The van der Waals surface area contributed by atoms with Crippen LogP contribution in [0.2, 0.25) is 0 Å². The van der Waals surface area contributed by atoms with E-state index < -0.39 is 23.5 Å². The van der Waals surface area contributed by atoms with Gasteiger partial charge in [0.05, 0.1) is 12.1 Å². The highest BCUT2D eigenvalue weighted by Crippen LogP contribution is 2.33. The molecule has 0 radical (unpaired) electrons. The highest BCUT2D eigenvalue weighted by molar-refractivity contribution is 5.94. The van der Waals surface area contributed by atoms with E-state index in [1.54, 1.807) is 18.9 Å². The first-order chi connectivity index (χ1) is 19.9. The highest BCUT2D eigenvalue weighted by atomic mass is 16.2. The number of carbonyl (C=O) groups excluding carboxylic acids is 3. The molecule has 0 bridgehead atoms. The van der Waals surface area contributed by atoms with Crippen LogP contribution in [-0.2, 0) is 33.8 Å². The molecule has 4 unspecified atom stereocenters. The van der Waals surface area contributed by atoms with Crippen molar-refractivity contribution in [3.05, 3.63) is 70.3 Å². The van der Waals surface area contributed by atoms with Crippen molar-refractivity contribution in [2.75, 3.05) is 7.05 Å². The number of aryl methyl sites for hydroxylation is 1. The zero-order valence-corrected chi connectivity index (χ0v) is 27.1. The molecule has 0 fully saturated rings. The van der Waals surface area contributed by atoms with Crippen LogP contribution in [-0.4, -0.2) is 47.8 Å². The topological polar surface area (TPSA) is 90.5 Å². The smallest absolute Gasteiger partial charge is 0.246 e. The second-order valence-electron chi connectivity index (χ2n) is 12.8. The van der Waals surface area contributed by atoms with Gasteiger partial charge in [0.2, 0.25) is 17.7 Å². The Labute approximate surface area is 253 Å². The van der Waals surface area contributed by atoms with Gasteiger partial charge < -0.3 is 20.9 Å². The van der Waals surface area contributed by atoms with Crippen LogP contribution in [0.4, 0.5) is 0 Å². The summed E-state index contributed by atoms with van der Waals surface area (Å²) >= 11 is 0. The maximum Gasteiger partial charge on any atom is 0.246 e. The number of rotatable bonds is 7. The Morgan fingerprint density at radius 3 is 2.29 bits per heavy atom. The summed E-state index contributed by atoms with van der Waals surface area (Å²) in [6, 6.07) is 12.7. The van der Waals surface area contributed by atoms with Crippen LogP contribution in [0.25, 0.3) is 0 Å². The van der Waals surface area contributed by atoms with E-state index in [9.17, 15) is 14.4 Å². The molecule has 0 aromatic heterocycles. The molecule has 0 saturated carbocycles. The van der Waals surface area contributed by atoms with Crippen molar-refractivity contribution in [2.45, 2.75) is 118 Å². The average molecular weight is 577 g/mol. The molecule has 2 aromatic carbocycles. The predicted octanol–water partition coefficient (Wildman–Crippen LogP) is 5.42. The lowest BCUT2D eigenvalue weighted by molar-refractivity contribution is -0.147.